The van der Waals surface area contributed by atoms with Gasteiger partial charge in [0, 0.05) is 31.3 Å². The second-order valence-corrected chi connectivity index (χ2v) is 6.49. The summed E-state index contributed by atoms with van der Waals surface area (Å²) in [5, 5.41) is 3.74. The van der Waals surface area contributed by atoms with Crippen molar-refractivity contribution < 1.29 is 4.79 Å². The Morgan fingerprint density at radius 1 is 1.45 bits per heavy atom. The maximum Gasteiger partial charge on any atom is 0.231 e. The Kier molecular flexibility index (Phi) is 4.42. The van der Waals surface area contributed by atoms with Crippen LogP contribution < -0.4 is 5.32 Å². The SMILES string of the molecule is Cc1ccnc(SCC(=O)NC(c2nccn2C)C2CC2)n1. The topological polar surface area (TPSA) is 72.7 Å². The summed E-state index contributed by atoms with van der Waals surface area (Å²) in [5.41, 5.74) is 0.904. The van der Waals surface area contributed by atoms with E-state index in [-0.39, 0.29) is 11.9 Å². The third-order valence-electron chi connectivity index (χ3n) is 3.65. The molecular weight excluding hydrogens is 298 g/mol. The van der Waals surface area contributed by atoms with Gasteiger partial charge in [0.1, 0.15) is 5.82 Å². The molecule has 0 spiro atoms. The Morgan fingerprint density at radius 2 is 2.27 bits per heavy atom. The molecular formula is C15H19N5OS. The molecule has 116 valence electrons. The van der Waals surface area contributed by atoms with E-state index in [9.17, 15) is 4.79 Å². The summed E-state index contributed by atoms with van der Waals surface area (Å²) in [6, 6.07) is 1.85. The lowest BCUT2D eigenvalue weighted by Crippen LogP contribution is -2.32. The highest BCUT2D eigenvalue weighted by atomic mass is 32.2. The Hall–Kier alpha value is -1.89. The van der Waals surface area contributed by atoms with Crippen molar-refractivity contribution in [1.82, 2.24) is 24.8 Å². The summed E-state index contributed by atoms with van der Waals surface area (Å²) in [4.78, 5) is 25.1. The number of thioether (sulfide) groups is 1. The molecule has 0 aliphatic heterocycles. The van der Waals surface area contributed by atoms with E-state index in [0.29, 0.717) is 16.8 Å². The molecule has 1 aliphatic rings. The molecule has 1 atom stereocenters. The minimum atomic E-state index is -0.00462. The van der Waals surface area contributed by atoms with Crippen molar-refractivity contribution in [2.75, 3.05) is 5.75 Å². The van der Waals surface area contributed by atoms with Crippen LogP contribution in [0.2, 0.25) is 0 Å². The van der Waals surface area contributed by atoms with E-state index in [4.69, 9.17) is 0 Å². The smallest absolute Gasteiger partial charge is 0.231 e. The summed E-state index contributed by atoms with van der Waals surface area (Å²) >= 11 is 1.36. The first-order valence-corrected chi connectivity index (χ1v) is 8.31. The van der Waals surface area contributed by atoms with Gasteiger partial charge in [0.25, 0.3) is 0 Å². The lowest BCUT2D eigenvalue weighted by Gasteiger charge is -2.17. The summed E-state index contributed by atoms with van der Waals surface area (Å²) in [6.45, 7) is 1.91. The molecule has 6 nitrogen and oxygen atoms in total. The number of amides is 1. The van der Waals surface area contributed by atoms with Gasteiger partial charge in [-0.25, -0.2) is 15.0 Å². The van der Waals surface area contributed by atoms with Gasteiger partial charge in [-0.05, 0) is 31.7 Å². The van der Waals surface area contributed by atoms with E-state index < -0.39 is 0 Å². The number of rotatable bonds is 6. The van der Waals surface area contributed by atoms with Crippen molar-refractivity contribution in [2.45, 2.75) is 31.0 Å². The van der Waals surface area contributed by atoms with E-state index in [2.05, 4.69) is 20.3 Å². The zero-order valence-electron chi connectivity index (χ0n) is 12.7. The van der Waals surface area contributed by atoms with E-state index in [1.165, 1.54) is 11.8 Å². The minimum absolute atomic E-state index is 0.00462. The number of nitrogens with one attached hydrogen (secondary N) is 1. The molecule has 2 aromatic heterocycles. The molecule has 0 radical (unpaired) electrons. The Bertz CT molecular complexity index is 667. The molecule has 3 rings (SSSR count). The van der Waals surface area contributed by atoms with Crippen LogP contribution in [0, 0.1) is 12.8 Å². The van der Waals surface area contributed by atoms with Gasteiger partial charge in [0.15, 0.2) is 5.16 Å². The monoisotopic (exact) mass is 317 g/mol. The van der Waals surface area contributed by atoms with Gasteiger partial charge >= 0.3 is 0 Å². The van der Waals surface area contributed by atoms with Crippen LogP contribution in [0.4, 0.5) is 0 Å². The van der Waals surface area contributed by atoms with Crippen LogP contribution in [-0.4, -0.2) is 31.2 Å². The lowest BCUT2D eigenvalue weighted by atomic mass is 10.1. The maximum absolute atomic E-state index is 12.2. The highest BCUT2D eigenvalue weighted by Gasteiger charge is 2.35. The van der Waals surface area contributed by atoms with Crippen LogP contribution in [0.1, 0.15) is 30.4 Å². The average Bonchev–Trinajstić information content (AvgIpc) is 3.25. The summed E-state index contributed by atoms with van der Waals surface area (Å²) in [5.74, 6) is 1.74. The minimum Gasteiger partial charge on any atom is -0.345 e. The maximum atomic E-state index is 12.2. The van der Waals surface area contributed by atoms with E-state index in [1.807, 2.05) is 30.8 Å². The van der Waals surface area contributed by atoms with Crippen molar-refractivity contribution in [3.63, 3.8) is 0 Å². The molecule has 0 bridgehead atoms. The standard InChI is InChI=1S/C15H19N5OS/c1-10-5-6-17-15(18-10)22-9-12(21)19-13(11-3-4-11)14-16-7-8-20(14)2/h5-8,11,13H,3-4,9H2,1-2H3,(H,19,21). The number of hydrogen-bond donors (Lipinski definition) is 1. The van der Waals surface area contributed by atoms with E-state index in [0.717, 1.165) is 24.4 Å². The van der Waals surface area contributed by atoms with Crippen LogP contribution >= 0.6 is 11.8 Å². The molecule has 1 saturated carbocycles. The van der Waals surface area contributed by atoms with Gasteiger partial charge in [-0.1, -0.05) is 11.8 Å². The largest absolute Gasteiger partial charge is 0.345 e. The van der Waals surface area contributed by atoms with Gasteiger partial charge in [-0.2, -0.15) is 0 Å². The predicted molar refractivity (Wildman–Crippen MR) is 84.3 cm³/mol. The zero-order valence-corrected chi connectivity index (χ0v) is 13.5. The Balaban J connectivity index is 1.59. The Morgan fingerprint density at radius 3 is 2.91 bits per heavy atom. The van der Waals surface area contributed by atoms with Gasteiger partial charge in [-0.3, -0.25) is 4.79 Å². The summed E-state index contributed by atoms with van der Waals surface area (Å²) in [7, 11) is 1.96. The van der Waals surface area contributed by atoms with Crippen LogP contribution in [0.5, 0.6) is 0 Å². The first-order valence-electron chi connectivity index (χ1n) is 7.32. The van der Waals surface area contributed by atoms with Gasteiger partial charge in [-0.15, -0.1) is 0 Å². The molecule has 0 saturated heterocycles. The fourth-order valence-electron chi connectivity index (χ4n) is 2.34. The average molecular weight is 317 g/mol. The predicted octanol–water partition coefficient (Wildman–Crippen LogP) is 1.88. The summed E-state index contributed by atoms with van der Waals surface area (Å²) in [6.07, 6.45) is 7.68. The number of imidazole rings is 1. The zero-order chi connectivity index (χ0) is 15.5. The number of hydrogen-bond acceptors (Lipinski definition) is 5. The number of aryl methyl sites for hydroxylation is 2. The molecule has 1 N–H and O–H groups in total. The van der Waals surface area contributed by atoms with Crippen molar-refractivity contribution in [1.29, 1.82) is 0 Å². The fourth-order valence-corrected chi connectivity index (χ4v) is 3.03. The van der Waals surface area contributed by atoms with Crippen LogP contribution in [0.15, 0.2) is 29.8 Å². The second-order valence-electron chi connectivity index (χ2n) is 5.55. The molecule has 0 aromatic carbocycles. The lowest BCUT2D eigenvalue weighted by molar-refractivity contribution is -0.119. The van der Waals surface area contributed by atoms with Crippen molar-refractivity contribution >= 4 is 17.7 Å². The highest BCUT2D eigenvalue weighted by Crippen LogP contribution is 2.40. The first-order chi connectivity index (χ1) is 10.6. The molecule has 1 aliphatic carbocycles. The molecule has 2 aromatic rings. The van der Waals surface area contributed by atoms with Gasteiger partial charge < -0.3 is 9.88 Å². The number of carbonyl (C=O) groups is 1. The van der Waals surface area contributed by atoms with Crippen molar-refractivity contribution in [3.05, 3.63) is 36.2 Å². The molecule has 22 heavy (non-hydrogen) atoms. The Labute approximate surface area is 133 Å². The van der Waals surface area contributed by atoms with Crippen molar-refractivity contribution in [3.8, 4) is 0 Å². The van der Waals surface area contributed by atoms with Gasteiger partial charge in [0.05, 0.1) is 11.8 Å². The third-order valence-corrected chi connectivity index (χ3v) is 4.51. The normalized spacial score (nSPS) is 15.5. The van der Waals surface area contributed by atoms with Gasteiger partial charge in [0.2, 0.25) is 5.91 Å². The quantitative estimate of drug-likeness (QED) is 0.650. The number of carbonyl (C=O) groups excluding carboxylic acids is 1. The summed E-state index contributed by atoms with van der Waals surface area (Å²) < 4.78 is 1.97. The van der Waals surface area contributed by atoms with E-state index in [1.54, 1.807) is 12.4 Å². The second kappa shape index (κ2) is 6.48. The molecule has 7 heteroatoms. The fraction of sp³-hybridized carbons (Fsp3) is 0.467. The molecule has 2 heterocycles. The molecule has 1 fully saturated rings. The molecule has 1 unspecified atom stereocenters. The van der Waals surface area contributed by atoms with Crippen molar-refractivity contribution in [2.24, 2.45) is 13.0 Å². The van der Waals surface area contributed by atoms with Crippen LogP contribution in [-0.2, 0) is 11.8 Å². The first kappa shape index (κ1) is 15.0. The molecule has 1 amide bonds. The number of aromatic nitrogens is 4. The van der Waals surface area contributed by atoms with Crippen LogP contribution in [0.25, 0.3) is 0 Å². The van der Waals surface area contributed by atoms with E-state index >= 15 is 0 Å². The van der Waals surface area contributed by atoms with Crippen LogP contribution in [0.3, 0.4) is 0 Å². The number of nitrogens with zero attached hydrogens (tertiary/aromatic N) is 4. The third kappa shape index (κ3) is 3.65. The highest BCUT2D eigenvalue weighted by molar-refractivity contribution is 7.99.